The van der Waals surface area contributed by atoms with Crippen LogP contribution in [0.3, 0.4) is 0 Å². The normalized spacial score (nSPS) is 10.3. The molecule has 5 heteroatoms. The van der Waals surface area contributed by atoms with E-state index in [1.807, 2.05) is 85.8 Å². The highest BCUT2D eigenvalue weighted by atomic mass is 16.5. The topological polar surface area (TPSA) is 62.4 Å². The van der Waals surface area contributed by atoms with Crippen molar-refractivity contribution < 1.29 is 9.53 Å². The van der Waals surface area contributed by atoms with Crippen molar-refractivity contribution in [3.05, 3.63) is 90.0 Å². The molecule has 1 amide bonds. The third kappa shape index (κ3) is 5.59. The van der Waals surface area contributed by atoms with Gasteiger partial charge in [0.15, 0.2) is 6.61 Å². The first-order valence-electron chi connectivity index (χ1n) is 8.82. The summed E-state index contributed by atoms with van der Waals surface area (Å²) in [6.07, 6.45) is 0. The smallest absolute Gasteiger partial charge is 0.262 e. The second kappa shape index (κ2) is 9.40. The number of aryl methyl sites for hydroxylation is 1. The summed E-state index contributed by atoms with van der Waals surface area (Å²) in [5.74, 6) is 0.495. The first-order chi connectivity index (χ1) is 13.2. The summed E-state index contributed by atoms with van der Waals surface area (Å²) in [5, 5.41) is 2.87. The first kappa shape index (κ1) is 18.5. The van der Waals surface area contributed by atoms with Gasteiger partial charge in [0.05, 0.1) is 0 Å². The number of nitrogens with one attached hydrogen (secondary N) is 3. The van der Waals surface area contributed by atoms with Crippen LogP contribution in [0.4, 0.5) is 11.4 Å². The number of carbonyl (C=O) groups excluding carboxylic acids is 1. The van der Waals surface area contributed by atoms with Crippen LogP contribution in [0.5, 0.6) is 5.75 Å². The SMILES string of the molecule is Cc1ccccc1NC(=O)COc1ccccc1CNNc1ccccc1. The number of hydrazine groups is 1. The summed E-state index contributed by atoms with van der Waals surface area (Å²) in [6, 6.07) is 25.2. The van der Waals surface area contributed by atoms with Gasteiger partial charge in [0, 0.05) is 23.5 Å². The summed E-state index contributed by atoms with van der Waals surface area (Å²) >= 11 is 0. The number of carbonyl (C=O) groups is 1. The fourth-order valence-electron chi connectivity index (χ4n) is 2.60. The maximum atomic E-state index is 12.2. The molecule has 0 aromatic heterocycles. The van der Waals surface area contributed by atoms with Crippen LogP contribution in [0, 0.1) is 6.92 Å². The second-order valence-corrected chi connectivity index (χ2v) is 6.10. The molecule has 0 spiro atoms. The van der Waals surface area contributed by atoms with Crippen molar-refractivity contribution >= 4 is 17.3 Å². The molecular weight excluding hydrogens is 338 g/mol. The maximum absolute atomic E-state index is 12.2. The number of hydrogen-bond donors (Lipinski definition) is 3. The number of rotatable bonds is 8. The van der Waals surface area contributed by atoms with Gasteiger partial charge in [0.25, 0.3) is 5.91 Å². The molecule has 0 unspecified atom stereocenters. The minimum absolute atomic E-state index is 0.0442. The van der Waals surface area contributed by atoms with Gasteiger partial charge >= 0.3 is 0 Å². The summed E-state index contributed by atoms with van der Waals surface area (Å²) in [6.45, 7) is 2.47. The van der Waals surface area contributed by atoms with Crippen molar-refractivity contribution in [1.29, 1.82) is 0 Å². The number of hydrogen-bond acceptors (Lipinski definition) is 4. The molecule has 0 saturated carbocycles. The van der Waals surface area contributed by atoms with Crippen molar-refractivity contribution in [2.45, 2.75) is 13.5 Å². The number of para-hydroxylation sites is 3. The maximum Gasteiger partial charge on any atom is 0.262 e. The summed E-state index contributed by atoms with van der Waals surface area (Å²) in [5.41, 5.74) is 10.1. The van der Waals surface area contributed by atoms with Crippen LogP contribution < -0.4 is 20.9 Å². The average molecular weight is 361 g/mol. The molecule has 0 aliphatic heterocycles. The average Bonchev–Trinajstić information content (AvgIpc) is 2.70. The first-order valence-corrected chi connectivity index (χ1v) is 8.82. The largest absolute Gasteiger partial charge is 0.483 e. The van der Waals surface area contributed by atoms with Crippen LogP contribution in [0.2, 0.25) is 0 Å². The molecule has 0 aliphatic carbocycles. The zero-order valence-corrected chi connectivity index (χ0v) is 15.2. The van der Waals surface area contributed by atoms with Crippen LogP contribution in [0.1, 0.15) is 11.1 Å². The van der Waals surface area contributed by atoms with Crippen molar-refractivity contribution in [3.63, 3.8) is 0 Å². The van der Waals surface area contributed by atoms with E-state index in [-0.39, 0.29) is 12.5 Å². The van der Waals surface area contributed by atoms with Gasteiger partial charge in [0.1, 0.15) is 5.75 Å². The van der Waals surface area contributed by atoms with Crippen LogP contribution in [-0.2, 0) is 11.3 Å². The molecule has 138 valence electrons. The molecule has 3 rings (SSSR count). The van der Waals surface area contributed by atoms with E-state index in [4.69, 9.17) is 4.74 Å². The predicted molar refractivity (Wildman–Crippen MR) is 109 cm³/mol. The van der Waals surface area contributed by atoms with E-state index >= 15 is 0 Å². The fraction of sp³-hybridized carbons (Fsp3) is 0.136. The Labute approximate surface area is 159 Å². The molecule has 0 heterocycles. The molecule has 0 aliphatic rings. The quantitative estimate of drug-likeness (QED) is 0.528. The van der Waals surface area contributed by atoms with Gasteiger partial charge in [-0.25, -0.2) is 5.43 Å². The molecule has 3 N–H and O–H groups in total. The fourth-order valence-corrected chi connectivity index (χ4v) is 2.60. The minimum Gasteiger partial charge on any atom is -0.483 e. The van der Waals surface area contributed by atoms with Crippen LogP contribution in [0.25, 0.3) is 0 Å². The van der Waals surface area contributed by atoms with Gasteiger partial charge in [-0.2, -0.15) is 0 Å². The van der Waals surface area contributed by atoms with E-state index in [9.17, 15) is 4.79 Å². The van der Waals surface area contributed by atoms with Crippen molar-refractivity contribution in [2.24, 2.45) is 0 Å². The van der Waals surface area contributed by atoms with Gasteiger partial charge in [-0.3, -0.25) is 4.79 Å². The van der Waals surface area contributed by atoms with Crippen LogP contribution in [-0.4, -0.2) is 12.5 Å². The standard InChI is InChI=1S/C22H23N3O2/c1-17-9-5-7-13-20(17)24-22(26)16-27-21-14-8-6-10-18(21)15-23-25-19-11-3-2-4-12-19/h2-14,23,25H,15-16H2,1H3,(H,24,26). The Bertz CT molecular complexity index is 881. The van der Waals surface area contributed by atoms with E-state index < -0.39 is 0 Å². The van der Waals surface area contributed by atoms with E-state index in [1.54, 1.807) is 0 Å². The third-order valence-corrected chi connectivity index (χ3v) is 4.04. The third-order valence-electron chi connectivity index (χ3n) is 4.04. The van der Waals surface area contributed by atoms with Crippen molar-refractivity contribution in [1.82, 2.24) is 5.43 Å². The Hall–Kier alpha value is -3.31. The van der Waals surface area contributed by atoms with Gasteiger partial charge < -0.3 is 15.5 Å². The molecule has 0 radical (unpaired) electrons. The molecular formula is C22H23N3O2. The zero-order chi connectivity index (χ0) is 18.9. The Kier molecular flexibility index (Phi) is 6.44. The lowest BCUT2D eigenvalue weighted by molar-refractivity contribution is -0.118. The van der Waals surface area contributed by atoms with E-state index in [0.717, 1.165) is 22.5 Å². The van der Waals surface area contributed by atoms with Gasteiger partial charge in [-0.1, -0.05) is 54.6 Å². The molecule has 5 nitrogen and oxygen atoms in total. The molecule has 27 heavy (non-hydrogen) atoms. The Balaban J connectivity index is 1.52. The second-order valence-electron chi connectivity index (χ2n) is 6.10. The monoisotopic (exact) mass is 361 g/mol. The molecule has 0 bridgehead atoms. The number of ether oxygens (including phenoxy) is 1. The van der Waals surface area contributed by atoms with Crippen molar-refractivity contribution in [2.75, 3.05) is 17.3 Å². The number of benzene rings is 3. The van der Waals surface area contributed by atoms with E-state index in [2.05, 4.69) is 16.2 Å². The van der Waals surface area contributed by atoms with E-state index in [1.165, 1.54) is 0 Å². The van der Waals surface area contributed by atoms with Crippen molar-refractivity contribution in [3.8, 4) is 5.75 Å². The van der Waals surface area contributed by atoms with Gasteiger partial charge in [-0.15, -0.1) is 0 Å². The highest BCUT2D eigenvalue weighted by molar-refractivity contribution is 5.92. The molecule has 3 aromatic rings. The summed E-state index contributed by atoms with van der Waals surface area (Å²) in [4.78, 5) is 12.2. The Morgan fingerprint density at radius 1 is 0.889 bits per heavy atom. The lowest BCUT2D eigenvalue weighted by Gasteiger charge is -2.14. The Morgan fingerprint density at radius 3 is 2.41 bits per heavy atom. The predicted octanol–water partition coefficient (Wildman–Crippen LogP) is 4.13. The van der Waals surface area contributed by atoms with Gasteiger partial charge in [-0.05, 0) is 36.8 Å². The van der Waals surface area contributed by atoms with Gasteiger partial charge in [0.2, 0.25) is 0 Å². The van der Waals surface area contributed by atoms with Crippen LogP contribution in [0.15, 0.2) is 78.9 Å². The highest BCUT2D eigenvalue weighted by Crippen LogP contribution is 2.18. The molecule has 0 saturated heterocycles. The minimum atomic E-state index is -0.186. The molecule has 0 fully saturated rings. The molecule has 3 aromatic carbocycles. The number of amides is 1. The van der Waals surface area contributed by atoms with Crippen LogP contribution >= 0.6 is 0 Å². The zero-order valence-electron chi connectivity index (χ0n) is 15.2. The highest BCUT2D eigenvalue weighted by Gasteiger charge is 2.08. The molecule has 0 atom stereocenters. The lowest BCUT2D eigenvalue weighted by Crippen LogP contribution is -2.23. The lowest BCUT2D eigenvalue weighted by atomic mass is 10.2. The number of anilines is 2. The van der Waals surface area contributed by atoms with E-state index in [0.29, 0.717) is 12.3 Å². The summed E-state index contributed by atoms with van der Waals surface area (Å²) < 4.78 is 5.73. The Morgan fingerprint density at radius 2 is 1.59 bits per heavy atom. The summed E-state index contributed by atoms with van der Waals surface area (Å²) in [7, 11) is 0.